The molecule has 4 aromatic rings. The van der Waals surface area contributed by atoms with Gasteiger partial charge in [0.05, 0.1) is 0 Å². The Morgan fingerprint density at radius 1 is 0.600 bits per heavy atom. The summed E-state index contributed by atoms with van der Waals surface area (Å²) in [5.41, 5.74) is 10.4. The third kappa shape index (κ3) is 3.51. The van der Waals surface area contributed by atoms with Gasteiger partial charge in [-0.2, -0.15) is 0 Å². The van der Waals surface area contributed by atoms with Gasteiger partial charge in [0.1, 0.15) is 0 Å². The van der Waals surface area contributed by atoms with E-state index in [1.54, 1.807) is 43.8 Å². The number of benzene rings is 4. The molecular formula is C38H44SiZr. The zero-order valence-electron chi connectivity index (χ0n) is 25.3. The van der Waals surface area contributed by atoms with Gasteiger partial charge < -0.3 is 0 Å². The van der Waals surface area contributed by atoms with Crippen molar-refractivity contribution in [2.75, 3.05) is 0 Å². The standard InChI is InChI=1S/C30H26Si.2C4H9.Zr/c1-19-17-23-15-13-21-9-5-7-11-25(21)27(23)29(19)31(3,4)30-20(2)18-24-16-14-22-10-6-8-12-26(22)28(24)30;2*1-3-4-2;/h5-18H,1-4H3;2*1,3-4H2,2H3;. The van der Waals surface area contributed by atoms with Crippen molar-refractivity contribution in [3.63, 3.8) is 0 Å². The van der Waals surface area contributed by atoms with Gasteiger partial charge in [-0.15, -0.1) is 0 Å². The van der Waals surface area contributed by atoms with Gasteiger partial charge in [0.15, 0.2) is 0 Å². The summed E-state index contributed by atoms with van der Waals surface area (Å²) in [5, 5.41) is 9.45. The normalized spacial score (nSPS) is 22.1. The minimum absolute atomic E-state index is 0.702. The Balaban J connectivity index is 1.65. The molecule has 2 aliphatic carbocycles. The topological polar surface area (TPSA) is 0 Å². The molecule has 0 amide bonds. The van der Waals surface area contributed by atoms with Crippen LogP contribution in [0.25, 0.3) is 31.9 Å². The number of unbranched alkanes of at least 4 members (excludes halogenated alkanes) is 2. The first-order valence-corrected chi connectivity index (χ1v) is 25.1. The monoisotopic (exact) mass is 618 g/mol. The maximum absolute atomic E-state index is 3.04. The van der Waals surface area contributed by atoms with Crippen molar-refractivity contribution in [2.24, 2.45) is 0 Å². The van der Waals surface area contributed by atoms with Crippen LogP contribution >= 0.6 is 0 Å². The second-order valence-corrected chi connectivity index (χ2v) is 29.2. The molecule has 4 bridgehead atoms. The third-order valence-corrected chi connectivity index (χ3v) is 30.5. The molecule has 2 atom stereocenters. The average molecular weight is 620 g/mol. The number of fused-ring (bicyclic) bond motifs is 12. The van der Waals surface area contributed by atoms with E-state index in [2.05, 4.69) is 114 Å². The summed E-state index contributed by atoms with van der Waals surface area (Å²) < 4.78 is 4.42. The Bertz CT molecular complexity index is 1610. The van der Waals surface area contributed by atoms with Crippen LogP contribution in [0.15, 0.2) is 83.9 Å². The summed E-state index contributed by atoms with van der Waals surface area (Å²) in [4.78, 5) is 0. The van der Waals surface area contributed by atoms with Crippen LogP contribution in [0.3, 0.4) is 0 Å². The summed E-state index contributed by atoms with van der Waals surface area (Å²) in [6.45, 7) is 15.5. The Hall–Kier alpha value is -2.02. The van der Waals surface area contributed by atoms with Crippen LogP contribution in [0, 0.1) is 0 Å². The van der Waals surface area contributed by atoms with E-state index in [0.717, 1.165) is 0 Å². The van der Waals surface area contributed by atoms with Gasteiger partial charge in [0.25, 0.3) is 0 Å². The van der Waals surface area contributed by atoms with E-state index >= 15 is 0 Å². The molecule has 0 nitrogen and oxygen atoms in total. The summed E-state index contributed by atoms with van der Waals surface area (Å²) in [7, 11) is -2.04. The van der Waals surface area contributed by atoms with Crippen LogP contribution in [0.5, 0.6) is 0 Å². The molecule has 1 heterocycles. The van der Waals surface area contributed by atoms with Gasteiger partial charge in [-0.05, 0) is 0 Å². The van der Waals surface area contributed by atoms with Crippen molar-refractivity contribution in [1.82, 2.24) is 0 Å². The Labute approximate surface area is 247 Å². The fourth-order valence-corrected chi connectivity index (χ4v) is 33.3. The molecule has 4 aromatic carbocycles. The summed E-state index contributed by atoms with van der Waals surface area (Å²) >= 11 is -3.04. The number of hydrogen-bond donors (Lipinski definition) is 0. The Kier molecular flexibility index (Phi) is 6.56. The predicted molar refractivity (Wildman–Crippen MR) is 175 cm³/mol. The van der Waals surface area contributed by atoms with E-state index < -0.39 is 28.3 Å². The van der Waals surface area contributed by atoms with E-state index in [4.69, 9.17) is 0 Å². The van der Waals surface area contributed by atoms with Gasteiger partial charge in [-0.25, -0.2) is 0 Å². The van der Waals surface area contributed by atoms with Crippen LogP contribution in [-0.2, 0) is 20.3 Å². The van der Waals surface area contributed by atoms with Gasteiger partial charge in [-0.3, -0.25) is 0 Å². The molecular weight excluding hydrogens is 576 g/mol. The quantitative estimate of drug-likeness (QED) is 0.188. The van der Waals surface area contributed by atoms with Crippen LogP contribution in [0.4, 0.5) is 0 Å². The summed E-state index contributed by atoms with van der Waals surface area (Å²) in [5.74, 6) is 0. The van der Waals surface area contributed by atoms with Crippen molar-refractivity contribution in [1.29, 1.82) is 0 Å². The van der Waals surface area contributed by atoms with Crippen LogP contribution in [-0.4, -0.2) is 8.07 Å². The minimum atomic E-state index is -3.04. The predicted octanol–water partition coefficient (Wildman–Crippen LogP) is 11.7. The van der Waals surface area contributed by atoms with E-state index in [1.165, 1.54) is 55.5 Å². The van der Waals surface area contributed by atoms with Crippen LogP contribution < -0.4 is 0 Å². The second-order valence-electron chi connectivity index (χ2n) is 13.5. The Morgan fingerprint density at radius 2 is 1.02 bits per heavy atom. The fraction of sp³-hybridized carbons (Fsp3) is 0.368. The first-order chi connectivity index (χ1) is 19.4. The van der Waals surface area contributed by atoms with Crippen LogP contribution in [0.1, 0.15) is 82.9 Å². The van der Waals surface area contributed by atoms with Gasteiger partial charge in [0, 0.05) is 0 Å². The zero-order chi connectivity index (χ0) is 27.8. The molecule has 0 fully saturated rings. The van der Waals surface area contributed by atoms with E-state index in [0.29, 0.717) is 7.25 Å². The molecule has 2 heteroatoms. The first-order valence-electron chi connectivity index (χ1n) is 15.8. The molecule has 0 saturated carbocycles. The number of allylic oxidation sites excluding steroid dienone is 2. The summed E-state index contributed by atoms with van der Waals surface area (Å²) in [6.07, 6.45) is 5.41. The second kappa shape index (κ2) is 9.78. The van der Waals surface area contributed by atoms with E-state index in [-0.39, 0.29) is 0 Å². The third-order valence-electron chi connectivity index (χ3n) is 11.1. The molecule has 0 N–H and O–H groups in total. The number of hydrogen-bond acceptors (Lipinski definition) is 0. The average Bonchev–Trinajstić information content (AvgIpc) is 3.46. The van der Waals surface area contributed by atoms with Crippen molar-refractivity contribution < 1.29 is 20.3 Å². The van der Waals surface area contributed by atoms with Crippen molar-refractivity contribution in [2.45, 2.75) is 82.0 Å². The van der Waals surface area contributed by atoms with Crippen molar-refractivity contribution in [3.05, 3.63) is 106 Å². The van der Waals surface area contributed by atoms with Crippen LogP contribution in [0.2, 0.25) is 21.4 Å². The van der Waals surface area contributed by atoms with Crippen molar-refractivity contribution >= 4 is 40.0 Å². The Morgan fingerprint density at radius 3 is 1.45 bits per heavy atom. The molecule has 2 unspecified atom stereocenters. The van der Waals surface area contributed by atoms with E-state index in [9.17, 15) is 0 Å². The molecule has 0 spiro atoms. The molecule has 3 aliphatic rings. The molecule has 204 valence electrons. The van der Waals surface area contributed by atoms with Gasteiger partial charge in [-0.1, -0.05) is 0 Å². The molecule has 7 rings (SSSR count). The zero-order valence-corrected chi connectivity index (χ0v) is 28.8. The number of rotatable bonds is 6. The maximum atomic E-state index is 2.70. The van der Waals surface area contributed by atoms with E-state index in [1.807, 2.05) is 0 Å². The van der Waals surface area contributed by atoms with Crippen molar-refractivity contribution in [3.8, 4) is 0 Å². The molecule has 1 aliphatic heterocycles. The molecule has 40 heavy (non-hydrogen) atoms. The first kappa shape index (κ1) is 26.9. The molecule has 0 saturated heterocycles. The SMILES string of the molecule is CCC[CH2][Zr]1([CH2]CCC)[CH]2C(C)=C(c3c2ccc2ccccc32)[Si](C)(C)C2=C(C)[CH]1c1ccc3ccccc3c12. The van der Waals surface area contributed by atoms with Gasteiger partial charge in [0.2, 0.25) is 0 Å². The fourth-order valence-electron chi connectivity index (χ4n) is 9.86. The molecule has 0 aromatic heterocycles. The van der Waals surface area contributed by atoms with Gasteiger partial charge >= 0.3 is 248 Å². The molecule has 0 radical (unpaired) electrons. The summed E-state index contributed by atoms with van der Waals surface area (Å²) in [6, 6.07) is 28.7.